The zero-order valence-corrected chi connectivity index (χ0v) is 16.6. The van der Waals surface area contributed by atoms with Crippen LogP contribution >= 0.6 is 0 Å². The van der Waals surface area contributed by atoms with Gasteiger partial charge in [0.25, 0.3) is 5.91 Å². The van der Waals surface area contributed by atoms with Crippen LogP contribution in [0.2, 0.25) is 0 Å². The van der Waals surface area contributed by atoms with E-state index in [2.05, 4.69) is 5.32 Å². The highest BCUT2D eigenvalue weighted by Gasteiger charge is 2.34. The van der Waals surface area contributed by atoms with E-state index in [4.69, 9.17) is 14.2 Å². The van der Waals surface area contributed by atoms with Gasteiger partial charge in [-0.1, -0.05) is 12.1 Å². The first-order valence-electron chi connectivity index (χ1n) is 9.14. The minimum Gasteiger partial charge on any atom is -0.497 e. The summed E-state index contributed by atoms with van der Waals surface area (Å²) in [5.74, 6) is 2.06. The largest absolute Gasteiger partial charge is 0.497 e. The molecule has 0 saturated heterocycles. The van der Waals surface area contributed by atoms with E-state index in [-0.39, 0.29) is 24.2 Å². The van der Waals surface area contributed by atoms with Gasteiger partial charge in [-0.25, -0.2) is 0 Å². The number of benzene rings is 2. The fourth-order valence-corrected chi connectivity index (χ4v) is 3.33. The number of hydrogen-bond donors (Lipinski definition) is 1. The Labute approximate surface area is 160 Å². The van der Waals surface area contributed by atoms with E-state index in [0.29, 0.717) is 6.42 Å². The Kier molecular flexibility index (Phi) is 5.31. The molecule has 1 N–H and O–H groups in total. The summed E-state index contributed by atoms with van der Waals surface area (Å²) in [5.41, 5.74) is 2.68. The first kappa shape index (κ1) is 19.1. The summed E-state index contributed by atoms with van der Waals surface area (Å²) in [6.45, 7) is 7.98. The van der Waals surface area contributed by atoms with Crippen molar-refractivity contribution in [3.8, 4) is 17.2 Å². The number of nitrogens with one attached hydrogen (secondary N) is 1. The van der Waals surface area contributed by atoms with Crippen molar-refractivity contribution in [3.63, 3.8) is 0 Å². The molecule has 2 aromatic rings. The van der Waals surface area contributed by atoms with Crippen LogP contribution in [0.3, 0.4) is 0 Å². The number of methoxy groups -OCH3 is 1. The Morgan fingerprint density at radius 2 is 2.00 bits per heavy atom. The molecule has 0 aromatic heterocycles. The lowest BCUT2D eigenvalue weighted by Gasteiger charge is -2.38. The fourth-order valence-electron chi connectivity index (χ4n) is 3.33. The Morgan fingerprint density at radius 1 is 1.22 bits per heavy atom. The molecular formula is C22H27NO4. The van der Waals surface area contributed by atoms with Crippen LogP contribution in [0.1, 0.15) is 43.0 Å². The highest BCUT2D eigenvalue weighted by molar-refractivity contribution is 5.78. The van der Waals surface area contributed by atoms with Gasteiger partial charge in [-0.2, -0.15) is 0 Å². The standard InChI is InChI=1S/C22H27NO4/c1-14-6-7-15(2)19(10-14)26-13-21(24)23-18-12-22(3,4)27-20-11-16(25-5)8-9-17(18)20/h6-11,18H,12-13H2,1-5H3,(H,23,24). The molecule has 0 fully saturated rings. The maximum absolute atomic E-state index is 12.5. The number of amides is 1. The van der Waals surface area contributed by atoms with Crippen LogP contribution in [-0.2, 0) is 4.79 Å². The van der Waals surface area contributed by atoms with E-state index < -0.39 is 0 Å². The van der Waals surface area contributed by atoms with Gasteiger partial charge >= 0.3 is 0 Å². The van der Waals surface area contributed by atoms with Gasteiger partial charge in [0, 0.05) is 18.1 Å². The molecule has 1 unspecified atom stereocenters. The first-order valence-corrected chi connectivity index (χ1v) is 9.14. The average Bonchev–Trinajstić information content (AvgIpc) is 2.61. The number of carbonyl (C=O) groups excluding carboxylic acids is 1. The van der Waals surface area contributed by atoms with Crippen LogP contribution in [0.25, 0.3) is 0 Å². The Morgan fingerprint density at radius 3 is 2.74 bits per heavy atom. The van der Waals surface area contributed by atoms with Gasteiger partial charge in [-0.05, 0) is 57.0 Å². The van der Waals surface area contributed by atoms with E-state index in [1.807, 2.05) is 64.1 Å². The van der Waals surface area contributed by atoms with Gasteiger partial charge in [0.15, 0.2) is 6.61 Å². The predicted molar refractivity (Wildman–Crippen MR) is 105 cm³/mol. The molecule has 1 atom stereocenters. The first-order chi connectivity index (χ1) is 12.8. The molecule has 1 amide bonds. The van der Waals surface area contributed by atoms with Crippen molar-refractivity contribution in [2.75, 3.05) is 13.7 Å². The fraction of sp³-hybridized carbons (Fsp3) is 0.409. The molecule has 1 aliphatic heterocycles. The van der Waals surface area contributed by atoms with E-state index in [1.165, 1.54) is 0 Å². The summed E-state index contributed by atoms with van der Waals surface area (Å²) in [6, 6.07) is 11.5. The van der Waals surface area contributed by atoms with Gasteiger partial charge in [-0.3, -0.25) is 4.79 Å². The van der Waals surface area contributed by atoms with Crippen LogP contribution in [0, 0.1) is 13.8 Å². The van der Waals surface area contributed by atoms with E-state index in [0.717, 1.165) is 33.9 Å². The van der Waals surface area contributed by atoms with E-state index in [9.17, 15) is 4.79 Å². The number of ether oxygens (including phenoxy) is 3. The van der Waals surface area contributed by atoms with Crippen LogP contribution < -0.4 is 19.5 Å². The molecule has 1 aliphatic rings. The molecule has 5 heteroatoms. The van der Waals surface area contributed by atoms with Gasteiger partial charge in [0.05, 0.1) is 13.2 Å². The second kappa shape index (κ2) is 7.51. The lowest BCUT2D eigenvalue weighted by molar-refractivity contribution is -0.124. The van der Waals surface area contributed by atoms with Gasteiger partial charge in [-0.15, -0.1) is 0 Å². The Balaban J connectivity index is 1.71. The third kappa shape index (κ3) is 4.54. The third-order valence-electron chi connectivity index (χ3n) is 4.72. The Bertz CT molecular complexity index is 844. The molecule has 27 heavy (non-hydrogen) atoms. The van der Waals surface area contributed by atoms with Crippen molar-refractivity contribution in [2.45, 2.75) is 45.8 Å². The minimum absolute atomic E-state index is 0.0203. The zero-order valence-electron chi connectivity index (χ0n) is 16.6. The van der Waals surface area contributed by atoms with Crippen molar-refractivity contribution in [2.24, 2.45) is 0 Å². The number of rotatable bonds is 5. The van der Waals surface area contributed by atoms with Crippen LogP contribution in [-0.4, -0.2) is 25.2 Å². The number of hydrogen-bond acceptors (Lipinski definition) is 4. The van der Waals surface area contributed by atoms with Crippen LogP contribution in [0.5, 0.6) is 17.2 Å². The van der Waals surface area contributed by atoms with Crippen molar-refractivity contribution in [1.29, 1.82) is 0 Å². The molecule has 5 nitrogen and oxygen atoms in total. The molecule has 3 rings (SSSR count). The molecule has 0 saturated carbocycles. The molecule has 2 aromatic carbocycles. The third-order valence-corrected chi connectivity index (χ3v) is 4.72. The normalized spacial score (nSPS) is 17.4. The molecular weight excluding hydrogens is 342 g/mol. The summed E-state index contributed by atoms with van der Waals surface area (Å²) in [6.07, 6.45) is 0.682. The summed E-state index contributed by atoms with van der Waals surface area (Å²) in [5, 5.41) is 3.09. The maximum Gasteiger partial charge on any atom is 0.258 e. The van der Waals surface area contributed by atoms with Gasteiger partial charge in [0.1, 0.15) is 22.8 Å². The smallest absolute Gasteiger partial charge is 0.258 e. The monoisotopic (exact) mass is 369 g/mol. The summed E-state index contributed by atoms with van der Waals surface area (Å²) in [7, 11) is 1.62. The molecule has 144 valence electrons. The summed E-state index contributed by atoms with van der Waals surface area (Å²) in [4.78, 5) is 12.5. The number of carbonyl (C=O) groups is 1. The second-order valence-electron chi connectivity index (χ2n) is 7.65. The molecule has 0 radical (unpaired) electrons. The molecule has 1 heterocycles. The Hall–Kier alpha value is -2.69. The van der Waals surface area contributed by atoms with Crippen molar-refractivity contribution >= 4 is 5.91 Å². The summed E-state index contributed by atoms with van der Waals surface area (Å²) < 4.78 is 17.1. The van der Waals surface area contributed by atoms with E-state index in [1.54, 1.807) is 7.11 Å². The maximum atomic E-state index is 12.5. The van der Waals surface area contributed by atoms with Crippen LogP contribution in [0.15, 0.2) is 36.4 Å². The summed E-state index contributed by atoms with van der Waals surface area (Å²) >= 11 is 0. The highest BCUT2D eigenvalue weighted by Crippen LogP contribution is 2.41. The van der Waals surface area contributed by atoms with Crippen molar-refractivity contribution in [1.82, 2.24) is 5.32 Å². The molecule has 0 bridgehead atoms. The highest BCUT2D eigenvalue weighted by atomic mass is 16.5. The van der Waals surface area contributed by atoms with Crippen molar-refractivity contribution in [3.05, 3.63) is 53.1 Å². The predicted octanol–water partition coefficient (Wildman–Crippen LogP) is 4.11. The minimum atomic E-state index is -0.384. The van der Waals surface area contributed by atoms with Gasteiger partial charge < -0.3 is 19.5 Å². The number of aryl methyl sites for hydroxylation is 2. The lowest BCUT2D eigenvalue weighted by Crippen LogP contribution is -2.42. The van der Waals surface area contributed by atoms with Gasteiger partial charge in [0.2, 0.25) is 0 Å². The molecule has 0 aliphatic carbocycles. The SMILES string of the molecule is COc1ccc2c(c1)OC(C)(C)CC2NC(=O)COc1cc(C)ccc1C. The quantitative estimate of drug-likeness (QED) is 0.862. The van der Waals surface area contributed by atoms with Crippen LogP contribution in [0.4, 0.5) is 0 Å². The zero-order chi connectivity index (χ0) is 19.6. The number of fused-ring (bicyclic) bond motifs is 1. The molecule has 0 spiro atoms. The average molecular weight is 369 g/mol. The lowest BCUT2D eigenvalue weighted by atomic mass is 9.89. The topological polar surface area (TPSA) is 56.8 Å². The van der Waals surface area contributed by atoms with Crippen molar-refractivity contribution < 1.29 is 19.0 Å². The van der Waals surface area contributed by atoms with E-state index >= 15 is 0 Å². The second-order valence-corrected chi connectivity index (χ2v) is 7.65.